The van der Waals surface area contributed by atoms with Crippen molar-refractivity contribution < 1.29 is 14.3 Å². The lowest BCUT2D eigenvalue weighted by atomic mass is 10.1. The van der Waals surface area contributed by atoms with Crippen LogP contribution in [0.25, 0.3) is 0 Å². The Bertz CT molecular complexity index is 548. The predicted octanol–water partition coefficient (Wildman–Crippen LogP) is 2.27. The Balaban J connectivity index is 1.43. The van der Waals surface area contributed by atoms with Crippen LogP contribution in [-0.2, 0) is 20.8 Å². The van der Waals surface area contributed by atoms with Gasteiger partial charge in [0.05, 0.1) is 18.3 Å². The maximum Gasteiger partial charge on any atom is 0.220 e. The summed E-state index contributed by atoms with van der Waals surface area (Å²) in [6, 6.07) is 4.06. The van der Waals surface area contributed by atoms with E-state index in [4.69, 9.17) is 9.47 Å². The zero-order valence-corrected chi connectivity index (χ0v) is 15.2. The van der Waals surface area contributed by atoms with Gasteiger partial charge in [-0.3, -0.25) is 4.79 Å². The van der Waals surface area contributed by atoms with Gasteiger partial charge in [-0.05, 0) is 44.7 Å². The van der Waals surface area contributed by atoms with Gasteiger partial charge >= 0.3 is 0 Å². The lowest BCUT2D eigenvalue weighted by Gasteiger charge is -2.36. The molecule has 0 unspecified atom stereocenters. The monoisotopic (exact) mass is 347 g/mol. The highest BCUT2D eigenvalue weighted by Crippen LogP contribution is 2.19. The van der Waals surface area contributed by atoms with Gasteiger partial charge in [-0.1, -0.05) is 6.07 Å². The highest BCUT2D eigenvalue weighted by Gasteiger charge is 2.23. The van der Waals surface area contributed by atoms with E-state index in [1.165, 1.54) is 0 Å². The first-order valence-electron chi connectivity index (χ1n) is 9.34. The molecular weight excluding hydrogens is 318 g/mol. The number of carbonyl (C=O) groups excluding carboxylic acids is 1. The maximum absolute atomic E-state index is 12.0. The molecule has 0 radical (unpaired) electrons. The van der Waals surface area contributed by atoms with Crippen LogP contribution in [0.1, 0.15) is 45.1 Å². The Labute approximate surface area is 149 Å². The standard InChI is InChI=1S/C19H29N3O3/c1-14-12-22(13-15(2)25-14)18-7-5-16(10-20-18)11-21-19(23)8-6-17-4-3-9-24-17/h5,7,10,14-15,17H,3-4,6,8-9,11-13H2,1-2H3,(H,21,23)/t14-,15+,17-/m0/s1. The first-order chi connectivity index (χ1) is 12.1. The van der Waals surface area contributed by atoms with E-state index in [1.54, 1.807) is 0 Å². The van der Waals surface area contributed by atoms with Crippen molar-refractivity contribution in [3.63, 3.8) is 0 Å². The fourth-order valence-electron chi connectivity index (χ4n) is 3.53. The third kappa shape index (κ3) is 5.41. The van der Waals surface area contributed by atoms with Gasteiger partial charge in [0.15, 0.2) is 0 Å². The molecule has 0 spiro atoms. The van der Waals surface area contributed by atoms with Gasteiger partial charge in [0, 0.05) is 38.9 Å². The van der Waals surface area contributed by atoms with E-state index < -0.39 is 0 Å². The molecule has 2 saturated heterocycles. The molecule has 2 fully saturated rings. The number of hydrogen-bond acceptors (Lipinski definition) is 5. The van der Waals surface area contributed by atoms with Crippen LogP contribution in [0, 0.1) is 0 Å². The van der Waals surface area contributed by atoms with Crippen LogP contribution in [0.2, 0.25) is 0 Å². The number of aromatic nitrogens is 1. The van der Waals surface area contributed by atoms with Gasteiger partial charge in [-0.2, -0.15) is 0 Å². The average molecular weight is 347 g/mol. The second kappa shape index (κ2) is 8.63. The molecule has 138 valence electrons. The lowest BCUT2D eigenvalue weighted by Crippen LogP contribution is -2.45. The molecule has 25 heavy (non-hydrogen) atoms. The van der Waals surface area contributed by atoms with E-state index in [9.17, 15) is 4.79 Å². The van der Waals surface area contributed by atoms with Gasteiger partial charge in [-0.15, -0.1) is 0 Å². The molecule has 3 heterocycles. The maximum atomic E-state index is 12.0. The largest absolute Gasteiger partial charge is 0.378 e. The second-order valence-corrected chi connectivity index (χ2v) is 7.14. The highest BCUT2D eigenvalue weighted by molar-refractivity contribution is 5.75. The van der Waals surface area contributed by atoms with E-state index >= 15 is 0 Å². The van der Waals surface area contributed by atoms with Crippen molar-refractivity contribution in [1.29, 1.82) is 0 Å². The number of hydrogen-bond donors (Lipinski definition) is 1. The predicted molar refractivity (Wildman–Crippen MR) is 96.5 cm³/mol. The first-order valence-corrected chi connectivity index (χ1v) is 9.34. The van der Waals surface area contributed by atoms with Crippen molar-refractivity contribution in [3.8, 4) is 0 Å². The Hall–Kier alpha value is -1.66. The molecule has 0 bridgehead atoms. The van der Waals surface area contributed by atoms with Gasteiger partial charge in [0.2, 0.25) is 5.91 Å². The van der Waals surface area contributed by atoms with Gasteiger partial charge in [0.25, 0.3) is 0 Å². The Kier molecular flexibility index (Phi) is 6.26. The van der Waals surface area contributed by atoms with Crippen LogP contribution in [0.15, 0.2) is 18.3 Å². The van der Waals surface area contributed by atoms with Crippen molar-refractivity contribution in [3.05, 3.63) is 23.9 Å². The summed E-state index contributed by atoms with van der Waals surface area (Å²) in [4.78, 5) is 18.8. The molecule has 2 aliphatic rings. The summed E-state index contributed by atoms with van der Waals surface area (Å²) in [5.74, 6) is 1.05. The zero-order chi connectivity index (χ0) is 17.6. The topological polar surface area (TPSA) is 63.7 Å². The van der Waals surface area contributed by atoms with E-state index in [2.05, 4.69) is 29.0 Å². The summed E-state index contributed by atoms with van der Waals surface area (Å²) >= 11 is 0. The van der Waals surface area contributed by atoms with Crippen LogP contribution in [0.3, 0.4) is 0 Å². The van der Waals surface area contributed by atoms with Crippen molar-refractivity contribution in [1.82, 2.24) is 10.3 Å². The molecule has 1 amide bonds. The molecule has 0 aliphatic carbocycles. The molecule has 6 heteroatoms. The Morgan fingerprint density at radius 1 is 1.32 bits per heavy atom. The minimum Gasteiger partial charge on any atom is -0.378 e. The number of pyridine rings is 1. The number of ether oxygens (including phenoxy) is 2. The minimum absolute atomic E-state index is 0.0791. The number of nitrogens with zero attached hydrogens (tertiary/aromatic N) is 2. The molecule has 1 aromatic rings. The third-order valence-electron chi connectivity index (χ3n) is 4.76. The molecule has 3 rings (SSSR count). The Morgan fingerprint density at radius 3 is 2.76 bits per heavy atom. The van der Waals surface area contributed by atoms with Crippen molar-refractivity contribution >= 4 is 11.7 Å². The SMILES string of the molecule is C[C@@H]1CN(c2ccc(CNC(=O)CC[C@@H]3CCCO3)cn2)C[C@H](C)O1. The third-order valence-corrected chi connectivity index (χ3v) is 4.76. The number of nitrogens with one attached hydrogen (secondary N) is 1. The Morgan fingerprint density at radius 2 is 2.12 bits per heavy atom. The summed E-state index contributed by atoms with van der Waals surface area (Å²) in [5, 5.41) is 2.97. The van der Waals surface area contributed by atoms with E-state index in [0.29, 0.717) is 13.0 Å². The molecule has 0 saturated carbocycles. The molecular formula is C19H29N3O3. The van der Waals surface area contributed by atoms with Gasteiger partial charge in [0.1, 0.15) is 5.82 Å². The molecule has 1 N–H and O–H groups in total. The number of rotatable bonds is 6. The van der Waals surface area contributed by atoms with Crippen LogP contribution in [0.4, 0.5) is 5.82 Å². The molecule has 3 atom stereocenters. The first kappa shape index (κ1) is 18.1. The quantitative estimate of drug-likeness (QED) is 0.855. The number of amides is 1. The number of morpholine rings is 1. The number of carbonyl (C=O) groups is 1. The van der Waals surface area contributed by atoms with Crippen LogP contribution < -0.4 is 10.2 Å². The van der Waals surface area contributed by atoms with Crippen LogP contribution in [0.5, 0.6) is 0 Å². The van der Waals surface area contributed by atoms with E-state index in [0.717, 1.165) is 50.3 Å². The summed E-state index contributed by atoms with van der Waals surface area (Å²) in [6.07, 6.45) is 6.09. The van der Waals surface area contributed by atoms with Crippen molar-refractivity contribution in [2.24, 2.45) is 0 Å². The van der Waals surface area contributed by atoms with Crippen LogP contribution in [-0.4, -0.2) is 48.9 Å². The number of anilines is 1. The fraction of sp³-hybridized carbons (Fsp3) is 0.684. The molecule has 2 aliphatic heterocycles. The highest BCUT2D eigenvalue weighted by atomic mass is 16.5. The molecule has 0 aromatic carbocycles. The summed E-state index contributed by atoms with van der Waals surface area (Å²) in [7, 11) is 0. The normalized spacial score (nSPS) is 26.6. The van der Waals surface area contributed by atoms with Crippen molar-refractivity contribution in [2.45, 2.75) is 64.4 Å². The molecule has 6 nitrogen and oxygen atoms in total. The van der Waals surface area contributed by atoms with E-state index in [-0.39, 0.29) is 24.2 Å². The van der Waals surface area contributed by atoms with Crippen molar-refractivity contribution in [2.75, 3.05) is 24.6 Å². The fourth-order valence-corrected chi connectivity index (χ4v) is 3.53. The second-order valence-electron chi connectivity index (χ2n) is 7.14. The summed E-state index contributed by atoms with van der Waals surface area (Å²) < 4.78 is 11.3. The van der Waals surface area contributed by atoms with Crippen LogP contribution >= 0.6 is 0 Å². The lowest BCUT2D eigenvalue weighted by molar-refractivity contribution is -0.121. The summed E-state index contributed by atoms with van der Waals surface area (Å²) in [6.45, 7) is 7.25. The van der Waals surface area contributed by atoms with Gasteiger partial charge < -0.3 is 19.7 Å². The van der Waals surface area contributed by atoms with E-state index in [1.807, 2.05) is 18.3 Å². The summed E-state index contributed by atoms with van der Waals surface area (Å²) in [5.41, 5.74) is 1.02. The smallest absolute Gasteiger partial charge is 0.220 e. The minimum atomic E-state index is 0.0791. The average Bonchev–Trinajstić information content (AvgIpc) is 3.11. The molecule has 1 aromatic heterocycles. The zero-order valence-electron chi connectivity index (χ0n) is 15.2. The van der Waals surface area contributed by atoms with Gasteiger partial charge in [-0.25, -0.2) is 4.98 Å².